The molecule has 0 aromatic heterocycles. The number of ether oxygens (including phenoxy) is 1. The summed E-state index contributed by atoms with van der Waals surface area (Å²) < 4.78 is 5.02. The fourth-order valence-corrected chi connectivity index (χ4v) is 2.37. The van der Waals surface area contributed by atoms with Crippen molar-refractivity contribution in [3.63, 3.8) is 0 Å². The molecule has 0 heterocycles. The molecule has 5 heteroatoms. The number of carbonyl (C=O) groups is 1. The maximum Gasteiger partial charge on any atom is 0.314 e. The van der Waals surface area contributed by atoms with Gasteiger partial charge in [0, 0.05) is 5.56 Å². The molecular formula is C12H13ClO4. The number of aromatic hydroxyl groups is 1. The van der Waals surface area contributed by atoms with Gasteiger partial charge in [-0.25, -0.2) is 0 Å². The number of carboxylic acid groups (broad SMARTS) is 1. The van der Waals surface area contributed by atoms with Gasteiger partial charge >= 0.3 is 5.97 Å². The summed E-state index contributed by atoms with van der Waals surface area (Å²) in [6.07, 6.45) is 0.977. The Morgan fingerprint density at radius 2 is 2.12 bits per heavy atom. The van der Waals surface area contributed by atoms with Crippen LogP contribution in [0.2, 0.25) is 5.02 Å². The number of hydrogen-bond donors (Lipinski definition) is 2. The summed E-state index contributed by atoms with van der Waals surface area (Å²) in [5.41, 5.74) is -0.0622. The second kappa shape index (κ2) is 3.81. The van der Waals surface area contributed by atoms with Gasteiger partial charge in [-0.15, -0.1) is 0 Å². The van der Waals surface area contributed by atoms with E-state index < -0.39 is 11.4 Å². The van der Waals surface area contributed by atoms with Crippen LogP contribution in [0.15, 0.2) is 6.07 Å². The van der Waals surface area contributed by atoms with E-state index in [2.05, 4.69) is 0 Å². The maximum absolute atomic E-state index is 11.3. The number of aryl methyl sites for hydroxylation is 1. The first kappa shape index (κ1) is 12.0. The van der Waals surface area contributed by atoms with Crippen molar-refractivity contribution < 1.29 is 19.7 Å². The lowest BCUT2D eigenvalue weighted by Crippen LogP contribution is -2.20. The number of phenolic OH excluding ortho intramolecular Hbond substituents is 1. The predicted molar refractivity (Wildman–Crippen MR) is 63.0 cm³/mol. The highest BCUT2D eigenvalue weighted by atomic mass is 35.5. The number of hydrogen-bond acceptors (Lipinski definition) is 3. The molecule has 92 valence electrons. The molecule has 1 aliphatic rings. The molecule has 0 bridgehead atoms. The molecule has 0 aliphatic heterocycles. The summed E-state index contributed by atoms with van der Waals surface area (Å²) in [4.78, 5) is 11.3. The van der Waals surface area contributed by atoms with Gasteiger partial charge in [0.2, 0.25) is 0 Å². The Bertz CT molecular complexity index is 492. The highest BCUT2D eigenvalue weighted by Gasteiger charge is 2.55. The molecule has 0 atom stereocenters. The lowest BCUT2D eigenvalue weighted by molar-refractivity contribution is -0.140. The molecular weight excluding hydrogens is 244 g/mol. The molecule has 1 saturated carbocycles. The predicted octanol–water partition coefficient (Wildman–Crippen LogP) is 2.48. The van der Waals surface area contributed by atoms with Crippen LogP contribution in [-0.2, 0) is 10.2 Å². The van der Waals surface area contributed by atoms with Crippen LogP contribution in [0.5, 0.6) is 11.5 Å². The Hall–Kier alpha value is -1.42. The topological polar surface area (TPSA) is 66.8 Å². The molecule has 1 aliphatic carbocycles. The van der Waals surface area contributed by atoms with Gasteiger partial charge in [-0.05, 0) is 31.4 Å². The fraction of sp³-hybridized carbons (Fsp3) is 0.417. The van der Waals surface area contributed by atoms with Crippen molar-refractivity contribution in [2.45, 2.75) is 25.2 Å². The van der Waals surface area contributed by atoms with Crippen molar-refractivity contribution in [1.29, 1.82) is 0 Å². The molecule has 0 amide bonds. The first-order chi connectivity index (χ1) is 7.94. The van der Waals surface area contributed by atoms with Crippen molar-refractivity contribution in [3.8, 4) is 11.5 Å². The van der Waals surface area contributed by atoms with Crippen molar-refractivity contribution >= 4 is 17.6 Å². The van der Waals surface area contributed by atoms with E-state index in [1.807, 2.05) is 0 Å². The Labute approximate surface area is 104 Å². The number of phenols is 1. The minimum absolute atomic E-state index is 0.164. The van der Waals surface area contributed by atoms with Crippen LogP contribution in [0, 0.1) is 6.92 Å². The van der Waals surface area contributed by atoms with Crippen molar-refractivity contribution in [2.75, 3.05) is 7.11 Å². The summed E-state index contributed by atoms with van der Waals surface area (Å²) in [6.45, 7) is 1.76. The van der Waals surface area contributed by atoms with E-state index in [0.29, 0.717) is 23.4 Å². The van der Waals surface area contributed by atoms with E-state index in [0.717, 1.165) is 0 Å². The van der Waals surface area contributed by atoms with Crippen LogP contribution < -0.4 is 4.74 Å². The fourth-order valence-electron chi connectivity index (χ4n) is 2.04. The number of methoxy groups -OCH3 is 1. The highest BCUT2D eigenvalue weighted by molar-refractivity contribution is 6.33. The third-order valence-corrected chi connectivity index (χ3v) is 3.73. The molecule has 0 saturated heterocycles. The Balaban J connectivity index is 2.69. The van der Waals surface area contributed by atoms with E-state index in [-0.39, 0.29) is 17.1 Å². The molecule has 1 aromatic rings. The Morgan fingerprint density at radius 1 is 1.53 bits per heavy atom. The van der Waals surface area contributed by atoms with E-state index in [1.165, 1.54) is 7.11 Å². The van der Waals surface area contributed by atoms with Gasteiger partial charge in [-0.3, -0.25) is 4.79 Å². The average molecular weight is 257 g/mol. The highest BCUT2D eigenvalue weighted by Crippen LogP contribution is 2.56. The van der Waals surface area contributed by atoms with E-state index in [1.54, 1.807) is 13.0 Å². The van der Waals surface area contributed by atoms with Gasteiger partial charge in [0.1, 0.15) is 0 Å². The maximum atomic E-state index is 11.3. The minimum Gasteiger partial charge on any atom is -0.504 e. The molecule has 2 rings (SSSR count). The third-order valence-electron chi connectivity index (χ3n) is 3.24. The number of rotatable bonds is 3. The van der Waals surface area contributed by atoms with Crippen LogP contribution in [0.25, 0.3) is 0 Å². The molecule has 1 fully saturated rings. The molecule has 17 heavy (non-hydrogen) atoms. The van der Waals surface area contributed by atoms with Gasteiger partial charge in [0.25, 0.3) is 0 Å². The average Bonchev–Trinajstić information content (AvgIpc) is 3.05. The van der Waals surface area contributed by atoms with Crippen LogP contribution in [0.4, 0.5) is 0 Å². The zero-order chi connectivity index (χ0) is 12.8. The number of benzene rings is 1. The van der Waals surface area contributed by atoms with Crippen molar-refractivity contribution in [3.05, 3.63) is 22.2 Å². The van der Waals surface area contributed by atoms with Gasteiger partial charge in [0.15, 0.2) is 11.5 Å². The van der Waals surface area contributed by atoms with E-state index in [9.17, 15) is 15.0 Å². The normalized spacial score (nSPS) is 16.6. The zero-order valence-electron chi connectivity index (χ0n) is 9.58. The van der Waals surface area contributed by atoms with Crippen molar-refractivity contribution in [1.82, 2.24) is 0 Å². The smallest absolute Gasteiger partial charge is 0.314 e. The van der Waals surface area contributed by atoms with Crippen LogP contribution in [-0.4, -0.2) is 23.3 Å². The summed E-state index contributed by atoms with van der Waals surface area (Å²) in [5.74, 6) is -0.861. The number of aliphatic carboxylic acids is 1. The lowest BCUT2D eigenvalue weighted by Gasteiger charge is -2.18. The molecule has 0 unspecified atom stereocenters. The van der Waals surface area contributed by atoms with Crippen LogP contribution in [0.1, 0.15) is 24.0 Å². The molecule has 0 spiro atoms. The molecule has 4 nitrogen and oxygen atoms in total. The van der Waals surface area contributed by atoms with Gasteiger partial charge in [0.05, 0.1) is 17.5 Å². The Morgan fingerprint density at radius 3 is 2.53 bits per heavy atom. The Kier molecular flexibility index (Phi) is 2.70. The molecule has 1 aromatic carbocycles. The van der Waals surface area contributed by atoms with Gasteiger partial charge in [-0.1, -0.05) is 11.6 Å². The quantitative estimate of drug-likeness (QED) is 0.872. The molecule has 2 N–H and O–H groups in total. The second-order valence-electron chi connectivity index (χ2n) is 4.32. The first-order valence-corrected chi connectivity index (χ1v) is 5.62. The summed E-state index contributed by atoms with van der Waals surface area (Å²) in [5, 5.41) is 19.6. The van der Waals surface area contributed by atoms with Crippen LogP contribution >= 0.6 is 11.6 Å². The van der Waals surface area contributed by atoms with Crippen LogP contribution in [0.3, 0.4) is 0 Å². The monoisotopic (exact) mass is 256 g/mol. The standard InChI is InChI=1S/C12H13ClO4/c1-6-5-7(17-2)10(14)8(9(6)13)12(3-4-12)11(15)16/h5,14H,3-4H2,1-2H3,(H,15,16). The first-order valence-electron chi connectivity index (χ1n) is 5.24. The SMILES string of the molecule is COc1cc(C)c(Cl)c(C2(C(=O)O)CC2)c1O. The largest absolute Gasteiger partial charge is 0.504 e. The number of carboxylic acids is 1. The zero-order valence-corrected chi connectivity index (χ0v) is 10.3. The summed E-state index contributed by atoms with van der Waals surface area (Å²) >= 11 is 6.12. The lowest BCUT2D eigenvalue weighted by atomic mass is 9.93. The minimum atomic E-state index is -1.04. The second-order valence-corrected chi connectivity index (χ2v) is 4.70. The summed E-state index contributed by atoms with van der Waals surface area (Å²) in [7, 11) is 1.42. The van der Waals surface area contributed by atoms with Gasteiger partial charge in [-0.2, -0.15) is 0 Å². The number of halogens is 1. The van der Waals surface area contributed by atoms with Crippen molar-refractivity contribution in [2.24, 2.45) is 0 Å². The van der Waals surface area contributed by atoms with Gasteiger partial charge < -0.3 is 14.9 Å². The summed E-state index contributed by atoms with van der Waals surface area (Å²) in [6, 6.07) is 1.60. The molecule has 0 radical (unpaired) electrons. The third kappa shape index (κ3) is 1.63. The van der Waals surface area contributed by atoms with E-state index >= 15 is 0 Å². The van der Waals surface area contributed by atoms with E-state index in [4.69, 9.17) is 16.3 Å².